The van der Waals surface area contributed by atoms with Crippen LogP contribution in [-0.2, 0) is 6.54 Å². The molecule has 2 rings (SSSR count). The SMILES string of the molecule is CCCNC(c1cnn(CCC)c1)c1ccccn1. The van der Waals surface area contributed by atoms with Crippen molar-refractivity contribution in [1.29, 1.82) is 0 Å². The maximum Gasteiger partial charge on any atom is 0.0782 e. The molecule has 0 radical (unpaired) electrons. The Bertz CT molecular complexity index is 478. The summed E-state index contributed by atoms with van der Waals surface area (Å²) in [7, 11) is 0. The fourth-order valence-electron chi connectivity index (χ4n) is 2.11. The van der Waals surface area contributed by atoms with Gasteiger partial charge in [0.2, 0.25) is 0 Å². The third-order valence-electron chi connectivity index (χ3n) is 3.02. The number of nitrogens with zero attached hydrogens (tertiary/aromatic N) is 3. The van der Waals surface area contributed by atoms with Gasteiger partial charge in [-0.2, -0.15) is 5.10 Å². The Morgan fingerprint density at radius 2 is 2.16 bits per heavy atom. The number of rotatable bonds is 7. The zero-order chi connectivity index (χ0) is 13.5. The summed E-state index contributed by atoms with van der Waals surface area (Å²) in [6.45, 7) is 6.26. The number of aromatic nitrogens is 3. The van der Waals surface area contributed by atoms with Gasteiger partial charge in [-0.25, -0.2) is 0 Å². The summed E-state index contributed by atoms with van der Waals surface area (Å²) in [4.78, 5) is 4.46. The van der Waals surface area contributed by atoms with Crippen LogP contribution in [0.2, 0.25) is 0 Å². The molecule has 0 spiro atoms. The van der Waals surface area contributed by atoms with Gasteiger partial charge in [-0.15, -0.1) is 0 Å². The van der Waals surface area contributed by atoms with E-state index in [1.165, 1.54) is 5.56 Å². The highest BCUT2D eigenvalue weighted by molar-refractivity contribution is 5.23. The first-order chi connectivity index (χ1) is 9.35. The van der Waals surface area contributed by atoms with E-state index in [0.29, 0.717) is 0 Å². The minimum Gasteiger partial charge on any atom is -0.305 e. The maximum absolute atomic E-state index is 4.46. The van der Waals surface area contributed by atoms with Crippen molar-refractivity contribution in [2.75, 3.05) is 6.54 Å². The van der Waals surface area contributed by atoms with Crippen LogP contribution in [0.5, 0.6) is 0 Å². The van der Waals surface area contributed by atoms with E-state index in [9.17, 15) is 0 Å². The van der Waals surface area contributed by atoms with Crippen LogP contribution >= 0.6 is 0 Å². The summed E-state index contributed by atoms with van der Waals surface area (Å²) in [5.41, 5.74) is 2.23. The average Bonchev–Trinajstić information content (AvgIpc) is 2.89. The average molecular weight is 258 g/mol. The number of hydrogen-bond acceptors (Lipinski definition) is 3. The van der Waals surface area contributed by atoms with Gasteiger partial charge in [0.15, 0.2) is 0 Å². The van der Waals surface area contributed by atoms with Crippen LogP contribution in [0.1, 0.15) is 44.0 Å². The van der Waals surface area contributed by atoms with Crippen molar-refractivity contribution in [2.45, 2.75) is 39.3 Å². The van der Waals surface area contributed by atoms with Crippen LogP contribution in [-0.4, -0.2) is 21.3 Å². The lowest BCUT2D eigenvalue weighted by Crippen LogP contribution is -2.23. The van der Waals surface area contributed by atoms with Gasteiger partial charge in [-0.05, 0) is 31.5 Å². The van der Waals surface area contributed by atoms with Crippen LogP contribution in [0.3, 0.4) is 0 Å². The van der Waals surface area contributed by atoms with Crippen LogP contribution < -0.4 is 5.32 Å². The maximum atomic E-state index is 4.46. The van der Waals surface area contributed by atoms with Crippen molar-refractivity contribution in [3.63, 3.8) is 0 Å². The molecule has 19 heavy (non-hydrogen) atoms. The standard InChI is InChI=1S/C15H22N4/c1-3-8-17-15(14-7-5-6-9-16-14)13-11-18-19(12-13)10-4-2/h5-7,9,11-12,15,17H,3-4,8,10H2,1-2H3. The van der Waals surface area contributed by atoms with Gasteiger partial charge in [-0.1, -0.05) is 19.9 Å². The normalized spacial score (nSPS) is 12.5. The molecule has 0 aliphatic carbocycles. The zero-order valence-electron chi connectivity index (χ0n) is 11.7. The summed E-state index contributed by atoms with van der Waals surface area (Å²) in [5.74, 6) is 0. The first kappa shape index (κ1) is 13.7. The summed E-state index contributed by atoms with van der Waals surface area (Å²) in [6, 6.07) is 6.16. The molecule has 0 saturated carbocycles. The van der Waals surface area contributed by atoms with Gasteiger partial charge in [-0.3, -0.25) is 9.67 Å². The fourth-order valence-corrected chi connectivity index (χ4v) is 2.11. The lowest BCUT2D eigenvalue weighted by Gasteiger charge is -2.16. The summed E-state index contributed by atoms with van der Waals surface area (Å²) >= 11 is 0. The van der Waals surface area contributed by atoms with Gasteiger partial charge in [0.05, 0.1) is 17.9 Å². The second kappa shape index (κ2) is 7.04. The van der Waals surface area contributed by atoms with Gasteiger partial charge in [0.1, 0.15) is 0 Å². The summed E-state index contributed by atoms with van der Waals surface area (Å²) in [5, 5.41) is 7.95. The Labute approximate surface area is 114 Å². The highest BCUT2D eigenvalue weighted by Crippen LogP contribution is 2.19. The van der Waals surface area contributed by atoms with Crippen LogP contribution in [0.25, 0.3) is 0 Å². The molecule has 0 aromatic carbocycles. The van der Waals surface area contributed by atoms with Crippen molar-refractivity contribution < 1.29 is 0 Å². The molecule has 2 aromatic rings. The third kappa shape index (κ3) is 3.64. The fraction of sp³-hybridized carbons (Fsp3) is 0.467. The van der Waals surface area contributed by atoms with Crippen LogP contribution in [0.4, 0.5) is 0 Å². The number of nitrogens with one attached hydrogen (secondary N) is 1. The number of aryl methyl sites for hydroxylation is 1. The van der Waals surface area contributed by atoms with Crippen LogP contribution in [0.15, 0.2) is 36.8 Å². The molecule has 0 aliphatic heterocycles. The molecule has 1 N–H and O–H groups in total. The van der Waals surface area contributed by atoms with E-state index < -0.39 is 0 Å². The lowest BCUT2D eigenvalue weighted by molar-refractivity contribution is 0.580. The largest absolute Gasteiger partial charge is 0.305 e. The van der Waals surface area contributed by atoms with Crippen LogP contribution in [0, 0.1) is 0 Å². The molecule has 2 aromatic heterocycles. The molecule has 102 valence electrons. The topological polar surface area (TPSA) is 42.7 Å². The molecule has 0 aliphatic rings. The Kier molecular flexibility index (Phi) is 5.10. The molecule has 1 atom stereocenters. The molecule has 0 bridgehead atoms. The number of pyridine rings is 1. The van der Waals surface area contributed by atoms with Crippen molar-refractivity contribution in [3.05, 3.63) is 48.0 Å². The molecule has 1 unspecified atom stereocenters. The van der Waals surface area contributed by atoms with E-state index >= 15 is 0 Å². The highest BCUT2D eigenvalue weighted by atomic mass is 15.3. The van der Waals surface area contributed by atoms with Gasteiger partial charge in [0.25, 0.3) is 0 Å². The van der Waals surface area contributed by atoms with E-state index in [1.54, 1.807) is 0 Å². The zero-order valence-corrected chi connectivity index (χ0v) is 11.7. The Morgan fingerprint density at radius 1 is 1.26 bits per heavy atom. The minimum absolute atomic E-state index is 0.131. The number of hydrogen-bond donors (Lipinski definition) is 1. The van der Waals surface area contributed by atoms with E-state index in [2.05, 4.69) is 41.5 Å². The third-order valence-corrected chi connectivity index (χ3v) is 3.02. The summed E-state index contributed by atoms with van der Waals surface area (Å²) in [6.07, 6.45) is 8.10. The quantitative estimate of drug-likeness (QED) is 0.830. The van der Waals surface area contributed by atoms with E-state index in [1.807, 2.05) is 29.2 Å². The first-order valence-corrected chi connectivity index (χ1v) is 7.01. The predicted octanol–water partition coefficient (Wildman–Crippen LogP) is 2.78. The Hall–Kier alpha value is -1.68. The molecular formula is C15H22N4. The molecule has 2 heterocycles. The second-order valence-corrected chi connectivity index (χ2v) is 4.68. The molecule has 0 saturated heterocycles. The minimum atomic E-state index is 0.131. The van der Waals surface area contributed by atoms with E-state index in [-0.39, 0.29) is 6.04 Å². The molecule has 4 heteroatoms. The smallest absolute Gasteiger partial charge is 0.0782 e. The second-order valence-electron chi connectivity index (χ2n) is 4.68. The van der Waals surface area contributed by atoms with Crippen molar-refractivity contribution >= 4 is 0 Å². The van der Waals surface area contributed by atoms with Crippen molar-refractivity contribution in [1.82, 2.24) is 20.1 Å². The predicted molar refractivity (Wildman–Crippen MR) is 76.9 cm³/mol. The van der Waals surface area contributed by atoms with Gasteiger partial charge >= 0.3 is 0 Å². The van der Waals surface area contributed by atoms with E-state index in [4.69, 9.17) is 0 Å². The monoisotopic (exact) mass is 258 g/mol. The van der Waals surface area contributed by atoms with E-state index in [0.717, 1.165) is 31.6 Å². The van der Waals surface area contributed by atoms with Crippen molar-refractivity contribution in [3.8, 4) is 0 Å². The first-order valence-electron chi connectivity index (χ1n) is 7.01. The molecular weight excluding hydrogens is 236 g/mol. The molecule has 0 fully saturated rings. The molecule has 0 amide bonds. The summed E-state index contributed by atoms with van der Waals surface area (Å²) < 4.78 is 2.00. The Morgan fingerprint density at radius 3 is 2.84 bits per heavy atom. The highest BCUT2D eigenvalue weighted by Gasteiger charge is 2.16. The lowest BCUT2D eigenvalue weighted by atomic mass is 10.1. The molecule has 4 nitrogen and oxygen atoms in total. The van der Waals surface area contributed by atoms with Crippen molar-refractivity contribution in [2.24, 2.45) is 0 Å². The van der Waals surface area contributed by atoms with Gasteiger partial charge < -0.3 is 5.32 Å². The Balaban J connectivity index is 2.21. The van der Waals surface area contributed by atoms with Gasteiger partial charge in [0, 0.05) is 24.5 Å².